The first-order valence-corrected chi connectivity index (χ1v) is 14.2. The van der Waals surface area contributed by atoms with Crippen LogP contribution in [0, 0.1) is 0 Å². The van der Waals surface area contributed by atoms with Crippen molar-refractivity contribution in [3.63, 3.8) is 0 Å². The molecule has 0 saturated carbocycles. The molecule has 208 valence electrons. The summed E-state index contributed by atoms with van der Waals surface area (Å²) in [6, 6.07) is 28.3. The Kier molecular flexibility index (Phi) is 9.15. The number of hydrogen-bond acceptors (Lipinski definition) is 7. The molecular formula is C33H33N5O2S. The molecule has 5 rings (SSSR count). The molecule has 0 aliphatic carbocycles. The second-order valence-electron chi connectivity index (χ2n) is 9.87. The predicted molar refractivity (Wildman–Crippen MR) is 169 cm³/mol. The lowest BCUT2D eigenvalue weighted by molar-refractivity contribution is -0.111. The molecule has 1 unspecified atom stereocenters. The fourth-order valence-corrected chi connectivity index (χ4v) is 5.83. The minimum atomic E-state index is -0.168. The van der Waals surface area contributed by atoms with Crippen LogP contribution in [-0.2, 0) is 9.53 Å². The summed E-state index contributed by atoms with van der Waals surface area (Å²) in [5.41, 5.74) is 4.89. The van der Waals surface area contributed by atoms with E-state index in [0.717, 1.165) is 43.2 Å². The summed E-state index contributed by atoms with van der Waals surface area (Å²) >= 11 is 1.63. The Morgan fingerprint density at radius 1 is 0.976 bits per heavy atom. The molecule has 8 heteroatoms. The van der Waals surface area contributed by atoms with Gasteiger partial charge in [-0.15, -0.1) is 11.3 Å². The molecule has 1 amide bonds. The lowest BCUT2D eigenvalue weighted by atomic mass is 9.99. The number of methoxy groups -OCH3 is 1. The van der Waals surface area contributed by atoms with Crippen molar-refractivity contribution in [2.24, 2.45) is 0 Å². The van der Waals surface area contributed by atoms with E-state index in [2.05, 4.69) is 45.9 Å². The summed E-state index contributed by atoms with van der Waals surface area (Å²) < 4.78 is 5.57. The van der Waals surface area contributed by atoms with Crippen LogP contribution >= 0.6 is 11.3 Å². The number of likely N-dealkylation sites (N-methyl/N-ethyl adjacent to an activating group) is 1. The van der Waals surface area contributed by atoms with Gasteiger partial charge >= 0.3 is 0 Å². The van der Waals surface area contributed by atoms with E-state index < -0.39 is 0 Å². The van der Waals surface area contributed by atoms with Gasteiger partial charge in [0.1, 0.15) is 17.0 Å². The van der Waals surface area contributed by atoms with E-state index in [1.807, 2.05) is 79.7 Å². The van der Waals surface area contributed by atoms with Gasteiger partial charge in [0.15, 0.2) is 0 Å². The fraction of sp³-hybridized carbons (Fsp3) is 0.182. The minimum absolute atomic E-state index is 0.105. The van der Waals surface area contributed by atoms with Crippen LogP contribution in [0.1, 0.15) is 11.6 Å². The molecule has 41 heavy (non-hydrogen) atoms. The Bertz CT molecular complexity index is 1630. The second kappa shape index (κ2) is 13.3. The lowest BCUT2D eigenvalue weighted by Crippen LogP contribution is -2.17. The van der Waals surface area contributed by atoms with Crippen molar-refractivity contribution in [1.82, 2.24) is 14.9 Å². The number of hydrogen-bond donors (Lipinski definition) is 2. The Morgan fingerprint density at radius 3 is 2.44 bits per heavy atom. The van der Waals surface area contributed by atoms with Gasteiger partial charge < -0.3 is 20.3 Å². The summed E-state index contributed by atoms with van der Waals surface area (Å²) in [5.74, 6) is 0.564. The number of fused-ring (bicyclic) bond motifs is 1. The summed E-state index contributed by atoms with van der Waals surface area (Å²) in [5, 5.41) is 7.58. The predicted octanol–water partition coefficient (Wildman–Crippen LogP) is 6.88. The third-order valence-electron chi connectivity index (χ3n) is 6.53. The van der Waals surface area contributed by atoms with Crippen LogP contribution in [0.5, 0.6) is 0 Å². The monoisotopic (exact) mass is 563 g/mol. The van der Waals surface area contributed by atoms with Crippen molar-refractivity contribution in [2.45, 2.75) is 6.04 Å². The van der Waals surface area contributed by atoms with Crippen molar-refractivity contribution in [2.75, 3.05) is 45.0 Å². The zero-order valence-electron chi connectivity index (χ0n) is 23.4. The average molecular weight is 564 g/mol. The molecule has 2 N–H and O–H groups in total. The molecule has 0 saturated heterocycles. The van der Waals surface area contributed by atoms with E-state index in [0.29, 0.717) is 18.8 Å². The first-order chi connectivity index (χ1) is 20.0. The molecule has 1 atom stereocenters. The molecule has 7 nitrogen and oxygen atoms in total. The van der Waals surface area contributed by atoms with Crippen LogP contribution in [0.15, 0.2) is 103 Å². The van der Waals surface area contributed by atoms with Crippen molar-refractivity contribution >= 4 is 39.0 Å². The molecule has 5 aromatic rings. The van der Waals surface area contributed by atoms with Gasteiger partial charge in [0, 0.05) is 35.9 Å². The van der Waals surface area contributed by atoms with E-state index in [1.165, 1.54) is 0 Å². The number of thiophene rings is 1. The lowest BCUT2D eigenvalue weighted by Gasteiger charge is -2.20. The molecule has 0 fully saturated rings. The van der Waals surface area contributed by atoms with Gasteiger partial charge in [-0.3, -0.25) is 4.79 Å². The van der Waals surface area contributed by atoms with Gasteiger partial charge in [-0.2, -0.15) is 0 Å². The van der Waals surface area contributed by atoms with Crippen LogP contribution in [0.2, 0.25) is 0 Å². The first-order valence-electron chi connectivity index (χ1n) is 13.4. The highest BCUT2D eigenvalue weighted by Crippen LogP contribution is 2.47. The van der Waals surface area contributed by atoms with Gasteiger partial charge in [-0.05, 0) is 42.9 Å². The second-order valence-corrected chi connectivity index (χ2v) is 10.9. The fourth-order valence-electron chi connectivity index (χ4n) is 4.66. The topological polar surface area (TPSA) is 79.4 Å². The van der Waals surface area contributed by atoms with E-state index in [1.54, 1.807) is 30.8 Å². The maximum absolute atomic E-state index is 12.6. The third-order valence-corrected chi connectivity index (χ3v) is 7.68. The van der Waals surface area contributed by atoms with Crippen LogP contribution in [0.25, 0.3) is 31.8 Å². The average Bonchev–Trinajstić information content (AvgIpc) is 3.38. The van der Waals surface area contributed by atoms with Crippen molar-refractivity contribution in [3.8, 4) is 21.6 Å². The van der Waals surface area contributed by atoms with Crippen LogP contribution in [0.4, 0.5) is 11.5 Å². The zero-order chi connectivity index (χ0) is 28.6. The highest BCUT2D eigenvalue weighted by atomic mass is 32.1. The number of rotatable bonds is 11. The maximum atomic E-state index is 12.6. The summed E-state index contributed by atoms with van der Waals surface area (Å²) in [7, 11) is 5.63. The third kappa shape index (κ3) is 6.86. The highest BCUT2D eigenvalue weighted by molar-refractivity contribution is 7.22. The number of amides is 1. The van der Waals surface area contributed by atoms with Crippen molar-refractivity contribution in [3.05, 3.63) is 109 Å². The van der Waals surface area contributed by atoms with E-state index in [4.69, 9.17) is 9.72 Å². The van der Waals surface area contributed by atoms with Crippen LogP contribution < -0.4 is 10.6 Å². The normalized spacial score (nSPS) is 12.2. The Morgan fingerprint density at radius 2 is 1.71 bits per heavy atom. The molecule has 0 radical (unpaired) electrons. The Balaban J connectivity index is 1.60. The van der Waals surface area contributed by atoms with Gasteiger partial charge in [-0.1, -0.05) is 78.9 Å². The van der Waals surface area contributed by atoms with Crippen LogP contribution in [0.3, 0.4) is 0 Å². The van der Waals surface area contributed by atoms with E-state index >= 15 is 0 Å². The summed E-state index contributed by atoms with van der Waals surface area (Å²) in [4.78, 5) is 26.0. The number of benzene rings is 3. The van der Waals surface area contributed by atoms with Gasteiger partial charge in [0.05, 0.1) is 18.0 Å². The minimum Gasteiger partial charge on any atom is -0.382 e. The molecule has 3 aromatic carbocycles. The SMILES string of the molecule is COCC(Nc1ncnc2sc(-c3ccccc3)c(-c3cccc(NC(=O)C=CCN(C)C)c3)c12)c1ccccc1. The Hall–Kier alpha value is -4.37. The van der Waals surface area contributed by atoms with Crippen molar-refractivity contribution < 1.29 is 9.53 Å². The molecule has 0 bridgehead atoms. The number of anilines is 2. The molecule has 0 aliphatic heterocycles. The number of carbonyl (C=O) groups is 1. The smallest absolute Gasteiger partial charge is 0.248 e. The van der Waals surface area contributed by atoms with Gasteiger partial charge in [0.2, 0.25) is 5.91 Å². The van der Waals surface area contributed by atoms with Crippen molar-refractivity contribution in [1.29, 1.82) is 0 Å². The van der Waals surface area contributed by atoms with Gasteiger partial charge in [0.25, 0.3) is 0 Å². The highest BCUT2D eigenvalue weighted by Gasteiger charge is 2.22. The molecular weight excluding hydrogens is 530 g/mol. The number of ether oxygens (including phenoxy) is 1. The maximum Gasteiger partial charge on any atom is 0.248 e. The number of carbonyl (C=O) groups excluding carboxylic acids is 1. The number of aromatic nitrogens is 2. The van der Waals surface area contributed by atoms with E-state index in [-0.39, 0.29) is 11.9 Å². The molecule has 2 heterocycles. The largest absolute Gasteiger partial charge is 0.382 e. The summed E-state index contributed by atoms with van der Waals surface area (Å²) in [6.07, 6.45) is 5.01. The summed E-state index contributed by atoms with van der Waals surface area (Å²) in [6.45, 7) is 1.17. The quantitative estimate of drug-likeness (QED) is 0.171. The molecule has 0 aliphatic rings. The molecule has 2 aromatic heterocycles. The first kappa shape index (κ1) is 28.2. The Labute approximate surface area is 244 Å². The zero-order valence-corrected chi connectivity index (χ0v) is 24.2. The van der Waals surface area contributed by atoms with E-state index in [9.17, 15) is 4.79 Å². The number of nitrogens with zero attached hydrogens (tertiary/aromatic N) is 3. The van der Waals surface area contributed by atoms with Crippen LogP contribution in [-0.4, -0.2) is 55.1 Å². The number of nitrogens with one attached hydrogen (secondary N) is 2. The standard InChI is InChI=1S/C33H33N5O2S/c1-38(2)19-11-18-28(39)36-26-17-10-16-25(20-26)29-30-32(37-27(21-40-3)23-12-6-4-7-13-23)34-22-35-33(30)41-31(29)24-14-8-5-9-15-24/h4-18,20,22,27H,19,21H2,1-3H3,(H,36,39)(H,34,35,37). The molecule has 0 spiro atoms. The van der Waals surface area contributed by atoms with Gasteiger partial charge in [-0.25, -0.2) is 9.97 Å².